The van der Waals surface area contributed by atoms with Gasteiger partial charge in [-0.05, 0) is 30.5 Å². The van der Waals surface area contributed by atoms with E-state index in [4.69, 9.17) is 9.26 Å². The highest BCUT2D eigenvalue weighted by atomic mass is 16.5. The van der Waals surface area contributed by atoms with Crippen molar-refractivity contribution in [3.63, 3.8) is 0 Å². The van der Waals surface area contributed by atoms with Gasteiger partial charge in [-0.15, -0.1) is 0 Å². The zero-order chi connectivity index (χ0) is 14.5. The largest absolute Gasteiger partial charge is 0.508 e. The Morgan fingerprint density at radius 2 is 2.15 bits per heavy atom. The smallest absolute Gasteiger partial charge is 0.231 e. The molecule has 5 nitrogen and oxygen atoms in total. The van der Waals surface area contributed by atoms with Crippen molar-refractivity contribution in [3.8, 4) is 5.75 Å². The van der Waals surface area contributed by atoms with Crippen molar-refractivity contribution < 1.29 is 14.4 Å². The van der Waals surface area contributed by atoms with Gasteiger partial charge in [-0.1, -0.05) is 31.1 Å². The Bertz CT molecular complexity index is 552. The lowest BCUT2D eigenvalue weighted by atomic mass is 10.1. The summed E-state index contributed by atoms with van der Waals surface area (Å²) in [6.45, 7) is 6.68. The highest BCUT2D eigenvalue weighted by Crippen LogP contribution is 2.24. The van der Waals surface area contributed by atoms with Crippen LogP contribution in [0, 0.1) is 5.92 Å². The topological polar surface area (TPSA) is 68.4 Å². The van der Waals surface area contributed by atoms with Crippen LogP contribution in [0.25, 0.3) is 0 Å². The number of hydrogen-bond acceptors (Lipinski definition) is 5. The van der Waals surface area contributed by atoms with E-state index in [-0.39, 0.29) is 17.8 Å². The molecular formula is C15H20N2O3. The molecule has 1 heterocycles. The van der Waals surface area contributed by atoms with Gasteiger partial charge in [0.05, 0.1) is 6.42 Å². The number of benzene rings is 1. The lowest BCUT2D eigenvalue weighted by molar-refractivity contribution is 0.0217. The first-order valence-electron chi connectivity index (χ1n) is 6.82. The van der Waals surface area contributed by atoms with E-state index in [1.165, 1.54) is 0 Å². The second kappa shape index (κ2) is 6.52. The Morgan fingerprint density at radius 3 is 2.80 bits per heavy atom. The Kier molecular flexibility index (Phi) is 4.74. The molecule has 0 saturated carbocycles. The first kappa shape index (κ1) is 14.5. The predicted molar refractivity (Wildman–Crippen MR) is 74.4 cm³/mol. The summed E-state index contributed by atoms with van der Waals surface area (Å²) in [5.41, 5.74) is 0.928. The molecule has 2 aromatic rings. The van der Waals surface area contributed by atoms with Crippen molar-refractivity contribution in [3.05, 3.63) is 41.5 Å². The van der Waals surface area contributed by atoms with Gasteiger partial charge in [0, 0.05) is 6.61 Å². The fourth-order valence-corrected chi connectivity index (χ4v) is 2.04. The number of aromatic hydroxyl groups is 1. The molecule has 108 valence electrons. The highest BCUT2D eigenvalue weighted by Gasteiger charge is 2.22. The number of rotatable bonds is 6. The molecular weight excluding hydrogens is 256 g/mol. The van der Waals surface area contributed by atoms with Crippen LogP contribution in [0.5, 0.6) is 5.75 Å². The number of phenolic OH excluding ortho intramolecular Hbond substituents is 1. The number of phenols is 1. The molecule has 5 heteroatoms. The maximum absolute atomic E-state index is 9.44. The van der Waals surface area contributed by atoms with Gasteiger partial charge >= 0.3 is 0 Å². The van der Waals surface area contributed by atoms with Crippen molar-refractivity contribution in [2.24, 2.45) is 5.92 Å². The molecule has 1 atom stereocenters. The standard InChI is InChI=1S/C15H20N2O3/c1-4-19-14(10(2)3)15-16-13(20-17-15)9-11-6-5-7-12(18)8-11/h5-8,10,14,18H,4,9H2,1-3H3. The van der Waals surface area contributed by atoms with Gasteiger partial charge in [0.1, 0.15) is 11.9 Å². The maximum Gasteiger partial charge on any atom is 0.231 e. The summed E-state index contributed by atoms with van der Waals surface area (Å²) >= 11 is 0. The minimum absolute atomic E-state index is 0.151. The maximum atomic E-state index is 9.44. The lowest BCUT2D eigenvalue weighted by Crippen LogP contribution is -2.12. The van der Waals surface area contributed by atoms with Crippen LogP contribution < -0.4 is 0 Å². The number of ether oxygens (including phenoxy) is 1. The summed E-state index contributed by atoms with van der Waals surface area (Å²) < 4.78 is 10.9. The van der Waals surface area contributed by atoms with Crippen LogP contribution in [-0.2, 0) is 11.2 Å². The van der Waals surface area contributed by atoms with Crippen molar-refractivity contribution in [2.75, 3.05) is 6.61 Å². The first-order chi connectivity index (χ1) is 9.60. The van der Waals surface area contributed by atoms with Crippen LogP contribution in [0.15, 0.2) is 28.8 Å². The molecule has 0 amide bonds. The van der Waals surface area contributed by atoms with E-state index in [9.17, 15) is 5.11 Å². The molecule has 2 rings (SSSR count). The second-order valence-corrected chi connectivity index (χ2v) is 5.01. The molecule has 0 fully saturated rings. The van der Waals surface area contributed by atoms with E-state index >= 15 is 0 Å². The van der Waals surface area contributed by atoms with Crippen LogP contribution in [0.2, 0.25) is 0 Å². The second-order valence-electron chi connectivity index (χ2n) is 5.01. The predicted octanol–water partition coefficient (Wildman–Crippen LogP) is 3.10. The molecule has 0 bridgehead atoms. The van der Waals surface area contributed by atoms with Crippen LogP contribution in [0.1, 0.15) is 44.2 Å². The summed E-state index contributed by atoms with van der Waals surface area (Å²) in [6, 6.07) is 7.02. The molecule has 1 N–H and O–H groups in total. The summed E-state index contributed by atoms with van der Waals surface area (Å²) in [5.74, 6) is 1.62. The number of hydrogen-bond donors (Lipinski definition) is 1. The van der Waals surface area contributed by atoms with Crippen molar-refractivity contribution >= 4 is 0 Å². The third-order valence-corrected chi connectivity index (χ3v) is 2.96. The highest BCUT2D eigenvalue weighted by molar-refractivity contribution is 5.28. The average molecular weight is 276 g/mol. The summed E-state index contributed by atoms with van der Waals surface area (Å²) in [7, 11) is 0. The van der Waals surface area contributed by atoms with Crippen molar-refractivity contribution in [1.82, 2.24) is 10.1 Å². The monoisotopic (exact) mass is 276 g/mol. The minimum Gasteiger partial charge on any atom is -0.508 e. The first-order valence-corrected chi connectivity index (χ1v) is 6.82. The van der Waals surface area contributed by atoms with Gasteiger partial charge in [-0.3, -0.25) is 0 Å². The third-order valence-electron chi connectivity index (χ3n) is 2.96. The van der Waals surface area contributed by atoms with Gasteiger partial charge < -0.3 is 14.4 Å². The number of aromatic nitrogens is 2. The summed E-state index contributed by atoms with van der Waals surface area (Å²) in [4.78, 5) is 4.39. The number of nitrogens with zero attached hydrogens (tertiary/aromatic N) is 2. The van der Waals surface area contributed by atoms with Crippen molar-refractivity contribution in [1.29, 1.82) is 0 Å². The molecule has 1 aromatic carbocycles. The minimum atomic E-state index is -0.151. The Morgan fingerprint density at radius 1 is 1.35 bits per heavy atom. The molecule has 0 aliphatic rings. The summed E-state index contributed by atoms with van der Waals surface area (Å²) in [6.07, 6.45) is 0.347. The molecule has 1 unspecified atom stereocenters. The van der Waals surface area contributed by atoms with Gasteiger partial charge in [-0.2, -0.15) is 4.98 Å². The molecule has 0 spiro atoms. The molecule has 0 aliphatic heterocycles. The third kappa shape index (κ3) is 3.57. The molecule has 1 aromatic heterocycles. The van der Waals surface area contributed by atoms with E-state index in [2.05, 4.69) is 24.0 Å². The fraction of sp³-hybridized carbons (Fsp3) is 0.467. The molecule has 20 heavy (non-hydrogen) atoms. The van der Waals surface area contributed by atoms with Gasteiger partial charge in [0.2, 0.25) is 11.7 Å². The summed E-state index contributed by atoms with van der Waals surface area (Å²) in [5, 5.41) is 13.4. The van der Waals surface area contributed by atoms with E-state index in [0.717, 1.165) is 5.56 Å². The molecule has 0 radical (unpaired) electrons. The van der Waals surface area contributed by atoms with Crippen molar-refractivity contribution in [2.45, 2.75) is 33.3 Å². The molecule has 0 saturated heterocycles. The zero-order valence-corrected chi connectivity index (χ0v) is 12.0. The quantitative estimate of drug-likeness (QED) is 0.878. The van der Waals surface area contributed by atoms with E-state index in [1.807, 2.05) is 13.0 Å². The lowest BCUT2D eigenvalue weighted by Gasteiger charge is -2.16. The Balaban J connectivity index is 2.12. The normalized spacial score (nSPS) is 12.8. The SMILES string of the molecule is CCOC(c1noc(Cc2cccc(O)c2)n1)C(C)C. The van der Waals surface area contributed by atoms with Gasteiger partial charge in [-0.25, -0.2) is 0 Å². The van der Waals surface area contributed by atoms with Gasteiger partial charge in [0.25, 0.3) is 0 Å². The van der Waals surface area contributed by atoms with E-state index in [0.29, 0.717) is 24.7 Å². The molecule has 0 aliphatic carbocycles. The van der Waals surface area contributed by atoms with Crippen LogP contribution in [-0.4, -0.2) is 21.9 Å². The fourth-order valence-electron chi connectivity index (χ4n) is 2.04. The van der Waals surface area contributed by atoms with Crippen LogP contribution >= 0.6 is 0 Å². The van der Waals surface area contributed by atoms with Crippen LogP contribution in [0.4, 0.5) is 0 Å². The Hall–Kier alpha value is -1.88. The Labute approximate surface area is 118 Å². The zero-order valence-electron chi connectivity index (χ0n) is 12.0. The average Bonchev–Trinajstić information content (AvgIpc) is 2.83. The van der Waals surface area contributed by atoms with E-state index in [1.54, 1.807) is 18.2 Å². The van der Waals surface area contributed by atoms with Crippen LogP contribution in [0.3, 0.4) is 0 Å². The van der Waals surface area contributed by atoms with E-state index < -0.39 is 0 Å². The van der Waals surface area contributed by atoms with Gasteiger partial charge in [0.15, 0.2) is 0 Å².